The minimum absolute atomic E-state index is 0.559. The van der Waals surface area contributed by atoms with Gasteiger partial charge in [0.05, 0.1) is 7.11 Å². The van der Waals surface area contributed by atoms with Crippen LogP contribution in [0.1, 0.15) is 11.1 Å². The van der Waals surface area contributed by atoms with Crippen molar-refractivity contribution in [3.63, 3.8) is 0 Å². The van der Waals surface area contributed by atoms with Crippen LogP contribution < -0.4 is 10.1 Å². The molecule has 0 aliphatic carbocycles. The number of hydrogen-bond acceptors (Lipinski definition) is 5. The van der Waals surface area contributed by atoms with Crippen molar-refractivity contribution in [1.29, 1.82) is 0 Å². The molecule has 2 aromatic rings. The summed E-state index contributed by atoms with van der Waals surface area (Å²) in [6, 6.07) is 10.2. The predicted octanol–water partition coefficient (Wildman–Crippen LogP) is 2.16. The van der Waals surface area contributed by atoms with Gasteiger partial charge in [-0.3, -0.25) is 0 Å². The van der Waals surface area contributed by atoms with Crippen molar-refractivity contribution < 1.29 is 4.74 Å². The second-order valence-electron chi connectivity index (χ2n) is 4.81. The topological polar surface area (TPSA) is 50.3 Å². The predicted molar refractivity (Wildman–Crippen MR) is 79.7 cm³/mol. The summed E-state index contributed by atoms with van der Waals surface area (Å²) in [4.78, 5) is 10.3. The van der Waals surface area contributed by atoms with E-state index in [4.69, 9.17) is 4.74 Å². The molecule has 0 saturated carbocycles. The molecule has 0 aliphatic heterocycles. The fourth-order valence-corrected chi connectivity index (χ4v) is 1.96. The Labute approximate surface area is 119 Å². The molecule has 1 aromatic heterocycles. The normalized spacial score (nSPS) is 10.6. The number of methoxy groups -OCH3 is 1. The molecule has 0 aliphatic rings. The average molecular weight is 272 g/mol. The van der Waals surface area contributed by atoms with Gasteiger partial charge < -0.3 is 15.0 Å². The van der Waals surface area contributed by atoms with Crippen molar-refractivity contribution >= 4 is 5.82 Å². The molecule has 5 heteroatoms. The number of hydrogen-bond donors (Lipinski definition) is 1. The van der Waals surface area contributed by atoms with Crippen molar-refractivity contribution in [3.8, 4) is 5.88 Å². The van der Waals surface area contributed by atoms with Gasteiger partial charge in [-0.2, -0.15) is 0 Å². The Morgan fingerprint density at radius 2 is 1.90 bits per heavy atom. The van der Waals surface area contributed by atoms with Gasteiger partial charge in [-0.1, -0.05) is 24.3 Å². The van der Waals surface area contributed by atoms with E-state index in [0.717, 1.165) is 18.9 Å². The molecule has 1 heterocycles. The third-order valence-corrected chi connectivity index (χ3v) is 2.92. The van der Waals surface area contributed by atoms with Gasteiger partial charge in [0.1, 0.15) is 12.1 Å². The Morgan fingerprint density at radius 1 is 1.15 bits per heavy atom. The summed E-state index contributed by atoms with van der Waals surface area (Å²) < 4.78 is 5.09. The lowest BCUT2D eigenvalue weighted by atomic mass is 10.1. The quantitative estimate of drug-likeness (QED) is 0.873. The van der Waals surface area contributed by atoms with E-state index in [1.54, 1.807) is 13.2 Å². The van der Waals surface area contributed by atoms with E-state index < -0.39 is 0 Å². The molecule has 0 atom stereocenters. The fourth-order valence-electron chi connectivity index (χ4n) is 1.96. The Morgan fingerprint density at radius 3 is 2.60 bits per heavy atom. The van der Waals surface area contributed by atoms with Crippen LogP contribution in [0.15, 0.2) is 36.7 Å². The van der Waals surface area contributed by atoms with E-state index in [-0.39, 0.29) is 0 Å². The number of anilines is 1. The van der Waals surface area contributed by atoms with Crippen LogP contribution in [-0.2, 0) is 13.1 Å². The standard InChI is InChI=1S/C15H20N4O/c1-19(2)10-13-7-5-4-6-12(13)9-16-14-8-15(20-3)18-11-17-14/h4-8,11H,9-10H2,1-3H3,(H,16,17,18). The molecule has 5 nitrogen and oxygen atoms in total. The third-order valence-electron chi connectivity index (χ3n) is 2.92. The first-order chi connectivity index (χ1) is 9.69. The highest BCUT2D eigenvalue weighted by Gasteiger charge is 2.04. The number of ether oxygens (including phenoxy) is 1. The molecule has 106 valence electrons. The first-order valence-corrected chi connectivity index (χ1v) is 6.50. The van der Waals surface area contributed by atoms with Crippen LogP contribution in [0.2, 0.25) is 0 Å². The summed E-state index contributed by atoms with van der Waals surface area (Å²) in [6.07, 6.45) is 1.49. The first-order valence-electron chi connectivity index (χ1n) is 6.50. The lowest BCUT2D eigenvalue weighted by molar-refractivity contribution is 0.397. The average Bonchev–Trinajstić information content (AvgIpc) is 2.46. The molecule has 0 fully saturated rings. The van der Waals surface area contributed by atoms with E-state index in [2.05, 4.69) is 58.5 Å². The third kappa shape index (κ3) is 3.93. The molecule has 0 unspecified atom stereocenters. The summed E-state index contributed by atoms with van der Waals surface area (Å²) in [7, 11) is 5.73. The fraction of sp³-hybridized carbons (Fsp3) is 0.333. The summed E-state index contributed by atoms with van der Waals surface area (Å²) in [5, 5.41) is 3.30. The SMILES string of the molecule is COc1cc(NCc2ccccc2CN(C)C)ncn1. The zero-order valence-corrected chi connectivity index (χ0v) is 12.1. The molecule has 0 saturated heterocycles. The maximum Gasteiger partial charge on any atom is 0.218 e. The first kappa shape index (κ1) is 14.3. The van der Waals surface area contributed by atoms with Crippen LogP contribution in [0.25, 0.3) is 0 Å². The van der Waals surface area contributed by atoms with Crippen LogP contribution in [0.3, 0.4) is 0 Å². The highest BCUT2D eigenvalue weighted by atomic mass is 16.5. The molecule has 0 amide bonds. The van der Waals surface area contributed by atoms with Crippen molar-refractivity contribution in [3.05, 3.63) is 47.8 Å². The lowest BCUT2D eigenvalue weighted by Gasteiger charge is -2.15. The maximum atomic E-state index is 5.09. The van der Waals surface area contributed by atoms with Crippen molar-refractivity contribution in [2.75, 3.05) is 26.5 Å². The Kier molecular flexibility index (Phi) is 4.90. The van der Waals surface area contributed by atoms with Crippen molar-refractivity contribution in [1.82, 2.24) is 14.9 Å². The van der Waals surface area contributed by atoms with Gasteiger partial charge in [-0.15, -0.1) is 0 Å². The molecule has 1 aromatic carbocycles. The second kappa shape index (κ2) is 6.86. The number of rotatable bonds is 6. The van der Waals surface area contributed by atoms with Crippen LogP contribution in [0.4, 0.5) is 5.82 Å². The Bertz CT molecular complexity index is 557. The smallest absolute Gasteiger partial charge is 0.218 e. The van der Waals surface area contributed by atoms with E-state index in [9.17, 15) is 0 Å². The van der Waals surface area contributed by atoms with Gasteiger partial charge >= 0.3 is 0 Å². The Balaban J connectivity index is 2.06. The largest absolute Gasteiger partial charge is 0.481 e. The van der Waals surface area contributed by atoms with Crippen LogP contribution in [-0.4, -0.2) is 36.1 Å². The molecular formula is C15H20N4O. The number of nitrogens with zero attached hydrogens (tertiary/aromatic N) is 3. The van der Waals surface area contributed by atoms with Gasteiger partial charge in [0, 0.05) is 19.2 Å². The monoisotopic (exact) mass is 272 g/mol. The summed E-state index contributed by atoms with van der Waals surface area (Å²) in [5.74, 6) is 1.32. The van der Waals surface area contributed by atoms with Gasteiger partial charge in [-0.05, 0) is 25.2 Å². The number of benzene rings is 1. The van der Waals surface area contributed by atoms with E-state index in [0.29, 0.717) is 5.88 Å². The molecular weight excluding hydrogens is 252 g/mol. The van der Waals surface area contributed by atoms with E-state index in [1.165, 1.54) is 17.5 Å². The molecule has 2 rings (SSSR count). The lowest BCUT2D eigenvalue weighted by Crippen LogP contribution is -2.13. The molecule has 0 spiro atoms. The minimum Gasteiger partial charge on any atom is -0.481 e. The summed E-state index contributed by atoms with van der Waals surface area (Å²) in [6.45, 7) is 1.65. The van der Waals surface area contributed by atoms with Gasteiger partial charge in [0.25, 0.3) is 0 Å². The van der Waals surface area contributed by atoms with Gasteiger partial charge in [-0.25, -0.2) is 9.97 Å². The molecule has 20 heavy (non-hydrogen) atoms. The van der Waals surface area contributed by atoms with Gasteiger partial charge in [0.15, 0.2) is 0 Å². The zero-order chi connectivity index (χ0) is 14.4. The minimum atomic E-state index is 0.559. The van der Waals surface area contributed by atoms with Crippen molar-refractivity contribution in [2.45, 2.75) is 13.1 Å². The number of aromatic nitrogens is 2. The van der Waals surface area contributed by atoms with Crippen LogP contribution in [0, 0.1) is 0 Å². The van der Waals surface area contributed by atoms with E-state index >= 15 is 0 Å². The highest BCUT2D eigenvalue weighted by Crippen LogP contribution is 2.14. The van der Waals surface area contributed by atoms with Crippen LogP contribution >= 0.6 is 0 Å². The second-order valence-corrected chi connectivity index (χ2v) is 4.81. The summed E-state index contributed by atoms with van der Waals surface area (Å²) in [5.41, 5.74) is 2.57. The zero-order valence-electron chi connectivity index (χ0n) is 12.1. The van der Waals surface area contributed by atoms with Crippen LogP contribution in [0.5, 0.6) is 5.88 Å². The van der Waals surface area contributed by atoms with Crippen molar-refractivity contribution in [2.24, 2.45) is 0 Å². The highest BCUT2D eigenvalue weighted by molar-refractivity contribution is 5.39. The van der Waals surface area contributed by atoms with E-state index in [1.807, 2.05) is 0 Å². The number of nitrogens with one attached hydrogen (secondary N) is 1. The molecule has 1 N–H and O–H groups in total. The molecule has 0 bridgehead atoms. The summed E-state index contributed by atoms with van der Waals surface area (Å²) >= 11 is 0. The Hall–Kier alpha value is -2.14. The molecule has 0 radical (unpaired) electrons. The maximum absolute atomic E-state index is 5.09. The van der Waals surface area contributed by atoms with Gasteiger partial charge in [0.2, 0.25) is 5.88 Å².